The summed E-state index contributed by atoms with van der Waals surface area (Å²) in [7, 11) is 4.30. The maximum atomic E-state index is 2.65. The van der Waals surface area contributed by atoms with E-state index in [2.05, 4.69) is 54.2 Å². The number of rotatable bonds is 5. The highest BCUT2D eigenvalue weighted by Gasteiger charge is 2.24. The van der Waals surface area contributed by atoms with Crippen molar-refractivity contribution in [1.29, 1.82) is 0 Å². The third-order valence-corrected chi connectivity index (χ3v) is 3.60. The van der Waals surface area contributed by atoms with Crippen molar-refractivity contribution in [2.45, 2.75) is 25.3 Å². The van der Waals surface area contributed by atoms with Gasteiger partial charge in [-0.25, -0.2) is 0 Å². The Bertz CT molecular complexity index is 321. The van der Waals surface area contributed by atoms with Gasteiger partial charge in [0, 0.05) is 6.04 Å². The summed E-state index contributed by atoms with van der Waals surface area (Å²) in [6, 6.07) is 11.6. The highest BCUT2D eigenvalue weighted by molar-refractivity contribution is 5.19. The number of benzene rings is 1. The summed E-state index contributed by atoms with van der Waals surface area (Å²) in [6.45, 7) is 3.70. The fraction of sp³-hybridized carbons (Fsp3) is 0.600. The minimum absolute atomic E-state index is 0.665. The molecule has 0 radical (unpaired) electrons. The summed E-state index contributed by atoms with van der Waals surface area (Å²) in [6.07, 6.45) is 3.95. The highest BCUT2D eigenvalue weighted by atomic mass is 15.2. The zero-order chi connectivity index (χ0) is 12.1. The van der Waals surface area contributed by atoms with Gasteiger partial charge in [0.25, 0.3) is 0 Å². The Morgan fingerprint density at radius 1 is 1.24 bits per heavy atom. The van der Waals surface area contributed by atoms with Crippen LogP contribution in [0, 0.1) is 0 Å². The highest BCUT2D eigenvalue weighted by Crippen LogP contribution is 2.31. The summed E-state index contributed by atoms with van der Waals surface area (Å²) in [5.74, 6) is 0. The second-order valence-corrected chi connectivity index (χ2v) is 5.26. The second kappa shape index (κ2) is 6.18. The Hall–Kier alpha value is -0.860. The van der Waals surface area contributed by atoms with Gasteiger partial charge in [-0.15, -0.1) is 0 Å². The first kappa shape index (κ1) is 12.6. The molecule has 0 spiro atoms. The summed E-state index contributed by atoms with van der Waals surface area (Å²) >= 11 is 0. The van der Waals surface area contributed by atoms with Crippen LogP contribution < -0.4 is 0 Å². The van der Waals surface area contributed by atoms with Crippen molar-refractivity contribution in [2.24, 2.45) is 0 Å². The number of hydrogen-bond donors (Lipinski definition) is 0. The molecule has 1 unspecified atom stereocenters. The Morgan fingerprint density at radius 2 is 2.00 bits per heavy atom. The molecule has 94 valence electrons. The van der Waals surface area contributed by atoms with Crippen LogP contribution in [0.25, 0.3) is 0 Å². The van der Waals surface area contributed by atoms with Crippen molar-refractivity contribution in [3.63, 3.8) is 0 Å². The van der Waals surface area contributed by atoms with Gasteiger partial charge in [-0.3, -0.25) is 4.90 Å². The van der Waals surface area contributed by atoms with E-state index in [0.717, 1.165) is 0 Å². The van der Waals surface area contributed by atoms with E-state index in [1.165, 1.54) is 44.5 Å². The molecule has 0 bridgehead atoms. The van der Waals surface area contributed by atoms with E-state index in [9.17, 15) is 0 Å². The van der Waals surface area contributed by atoms with Gasteiger partial charge in [0.2, 0.25) is 0 Å². The van der Waals surface area contributed by atoms with E-state index in [-0.39, 0.29) is 0 Å². The Morgan fingerprint density at radius 3 is 2.71 bits per heavy atom. The van der Waals surface area contributed by atoms with E-state index in [0.29, 0.717) is 6.04 Å². The third-order valence-electron chi connectivity index (χ3n) is 3.60. The van der Waals surface area contributed by atoms with Gasteiger partial charge in [0.1, 0.15) is 0 Å². The van der Waals surface area contributed by atoms with Crippen LogP contribution in [0.15, 0.2) is 30.3 Å². The zero-order valence-corrected chi connectivity index (χ0v) is 11.1. The molecule has 2 nitrogen and oxygen atoms in total. The zero-order valence-electron chi connectivity index (χ0n) is 11.1. The number of hydrogen-bond acceptors (Lipinski definition) is 2. The van der Waals surface area contributed by atoms with Crippen LogP contribution in [0.3, 0.4) is 0 Å². The minimum Gasteiger partial charge on any atom is -0.309 e. The van der Waals surface area contributed by atoms with E-state index in [4.69, 9.17) is 0 Å². The van der Waals surface area contributed by atoms with Gasteiger partial charge in [0.05, 0.1) is 0 Å². The standard InChI is InChI=1S/C15H24N2/c1-16(2)11-7-13-17-12-6-10-15(17)14-8-4-3-5-9-14/h3-5,8-9,15H,6-7,10-13H2,1-2H3. The molecule has 2 heteroatoms. The van der Waals surface area contributed by atoms with E-state index >= 15 is 0 Å². The first-order valence-electron chi connectivity index (χ1n) is 6.71. The van der Waals surface area contributed by atoms with Gasteiger partial charge in [-0.05, 0) is 58.6 Å². The first-order valence-corrected chi connectivity index (χ1v) is 6.71. The molecule has 1 aliphatic heterocycles. The molecule has 0 aliphatic carbocycles. The lowest BCUT2D eigenvalue weighted by molar-refractivity contribution is 0.240. The summed E-state index contributed by atoms with van der Waals surface area (Å²) in [5, 5.41) is 0. The molecule has 0 saturated carbocycles. The molecule has 0 amide bonds. The molecule has 1 heterocycles. The topological polar surface area (TPSA) is 6.48 Å². The predicted molar refractivity (Wildman–Crippen MR) is 73.2 cm³/mol. The number of nitrogens with zero attached hydrogens (tertiary/aromatic N) is 2. The molecular formula is C15H24N2. The summed E-state index contributed by atoms with van der Waals surface area (Å²) in [5.41, 5.74) is 1.50. The minimum atomic E-state index is 0.665. The maximum Gasteiger partial charge on any atom is 0.0348 e. The van der Waals surface area contributed by atoms with Crippen molar-refractivity contribution >= 4 is 0 Å². The monoisotopic (exact) mass is 232 g/mol. The van der Waals surface area contributed by atoms with Gasteiger partial charge >= 0.3 is 0 Å². The average molecular weight is 232 g/mol. The van der Waals surface area contributed by atoms with E-state index in [1.807, 2.05) is 0 Å². The lowest BCUT2D eigenvalue weighted by Gasteiger charge is -2.25. The molecule has 0 N–H and O–H groups in total. The van der Waals surface area contributed by atoms with Crippen LogP contribution in [-0.4, -0.2) is 43.5 Å². The maximum absolute atomic E-state index is 2.65. The molecule has 17 heavy (non-hydrogen) atoms. The normalized spacial score (nSPS) is 21.2. The molecule has 1 aromatic rings. The van der Waals surface area contributed by atoms with Gasteiger partial charge in [0.15, 0.2) is 0 Å². The molecule has 0 aromatic heterocycles. The Kier molecular flexibility index (Phi) is 4.57. The lowest BCUT2D eigenvalue weighted by Crippen LogP contribution is -2.27. The Balaban J connectivity index is 1.89. The van der Waals surface area contributed by atoms with E-state index in [1.54, 1.807) is 0 Å². The molecule has 2 rings (SSSR count). The van der Waals surface area contributed by atoms with Gasteiger partial charge < -0.3 is 4.90 Å². The third kappa shape index (κ3) is 3.55. The summed E-state index contributed by atoms with van der Waals surface area (Å²) < 4.78 is 0. The van der Waals surface area contributed by atoms with Crippen LogP contribution in [-0.2, 0) is 0 Å². The fourth-order valence-electron chi connectivity index (χ4n) is 2.74. The fourth-order valence-corrected chi connectivity index (χ4v) is 2.74. The molecule has 1 saturated heterocycles. The van der Waals surface area contributed by atoms with Crippen molar-refractivity contribution in [3.05, 3.63) is 35.9 Å². The van der Waals surface area contributed by atoms with Crippen molar-refractivity contribution in [3.8, 4) is 0 Å². The second-order valence-electron chi connectivity index (χ2n) is 5.26. The van der Waals surface area contributed by atoms with Crippen LogP contribution in [0.1, 0.15) is 30.9 Å². The first-order chi connectivity index (χ1) is 8.27. The lowest BCUT2D eigenvalue weighted by atomic mass is 10.0. The predicted octanol–water partition coefficient (Wildman–Crippen LogP) is 2.78. The van der Waals surface area contributed by atoms with Gasteiger partial charge in [-0.1, -0.05) is 30.3 Å². The summed E-state index contributed by atoms with van der Waals surface area (Å²) in [4.78, 5) is 4.92. The van der Waals surface area contributed by atoms with Gasteiger partial charge in [-0.2, -0.15) is 0 Å². The Labute approximate surface area is 105 Å². The molecule has 1 aliphatic rings. The van der Waals surface area contributed by atoms with Crippen molar-refractivity contribution in [1.82, 2.24) is 9.80 Å². The smallest absolute Gasteiger partial charge is 0.0348 e. The molecule has 1 fully saturated rings. The van der Waals surface area contributed by atoms with Crippen molar-refractivity contribution < 1.29 is 0 Å². The number of likely N-dealkylation sites (tertiary alicyclic amines) is 1. The average Bonchev–Trinajstić information content (AvgIpc) is 2.78. The SMILES string of the molecule is CN(C)CCCN1CCCC1c1ccccc1. The van der Waals surface area contributed by atoms with Crippen molar-refractivity contribution in [2.75, 3.05) is 33.7 Å². The molecule has 1 aromatic carbocycles. The van der Waals surface area contributed by atoms with Crippen LogP contribution in [0.2, 0.25) is 0 Å². The molecular weight excluding hydrogens is 208 g/mol. The largest absolute Gasteiger partial charge is 0.309 e. The quantitative estimate of drug-likeness (QED) is 0.770. The van der Waals surface area contributed by atoms with Crippen LogP contribution in [0.5, 0.6) is 0 Å². The van der Waals surface area contributed by atoms with E-state index < -0.39 is 0 Å². The van der Waals surface area contributed by atoms with Crippen LogP contribution in [0.4, 0.5) is 0 Å². The molecule has 1 atom stereocenters. The van der Waals surface area contributed by atoms with Crippen LogP contribution >= 0.6 is 0 Å².